The molecular formula is C12H18F2O2Si. The molecule has 0 atom stereocenters. The van der Waals surface area contributed by atoms with Crippen LogP contribution in [0.4, 0.5) is 8.78 Å². The van der Waals surface area contributed by atoms with Crippen molar-refractivity contribution in [1.29, 1.82) is 0 Å². The van der Waals surface area contributed by atoms with E-state index in [1.165, 1.54) is 6.07 Å². The third-order valence-electron chi connectivity index (χ3n) is 2.94. The molecule has 0 fully saturated rings. The Kier molecular flexibility index (Phi) is 5.23. The van der Waals surface area contributed by atoms with Crippen molar-refractivity contribution in [2.75, 3.05) is 14.2 Å². The van der Waals surface area contributed by atoms with Crippen LogP contribution in [-0.4, -0.2) is 22.8 Å². The molecule has 0 saturated carbocycles. The van der Waals surface area contributed by atoms with Gasteiger partial charge in [0.1, 0.15) is 0 Å². The molecule has 0 heterocycles. The summed E-state index contributed by atoms with van der Waals surface area (Å²) in [6.45, 7) is 1.98. The Labute approximate surface area is 102 Å². The highest BCUT2D eigenvalue weighted by molar-refractivity contribution is 6.65. The molecule has 0 N–H and O–H groups in total. The lowest BCUT2D eigenvalue weighted by molar-refractivity contribution is 0.248. The van der Waals surface area contributed by atoms with Crippen molar-refractivity contribution >= 4 is 8.56 Å². The predicted molar refractivity (Wildman–Crippen MR) is 65.1 cm³/mol. The molecule has 0 amide bonds. The Morgan fingerprint density at radius 2 is 1.76 bits per heavy atom. The van der Waals surface area contributed by atoms with Crippen molar-refractivity contribution in [2.45, 2.75) is 25.4 Å². The van der Waals surface area contributed by atoms with Crippen LogP contribution in [0.1, 0.15) is 12.0 Å². The molecule has 0 bridgehead atoms. The fraction of sp³-hybridized carbons (Fsp3) is 0.500. The molecule has 1 rings (SSSR count). The number of hydrogen-bond donors (Lipinski definition) is 0. The van der Waals surface area contributed by atoms with E-state index in [9.17, 15) is 8.78 Å². The van der Waals surface area contributed by atoms with Gasteiger partial charge in [0.05, 0.1) is 0 Å². The minimum absolute atomic E-state index is 0.701. The highest BCUT2D eigenvalue weighted by atomic mass is 28.4. The van der Waals surface area contributed by atoms with Gasteiger partial charge in [0, 0.05) is 14.2 Å². The molecule has 5 heteroatoms. The average Bonchev–Trinajstić information content (AvgIpc) is 2.33. The second-order valence-corrected chi connectivity index (χ2v) is 7.73. The standard InChI is InChI=1S/C12H18F2O2Si/c1-15-17(3,16-2)8-4-5-10-6-7-11(13)12(14)9-10/h6-7,9H,4-5,8H2,1-3H3. The Morgan fingerprint density at radius 1 is 1.12 bits per heavy atom. The number of hydrogen-bond acceptors (Lipinski definition) is 2. The summed E-state index contributed by atoms with van der Waals surface area (Å²) in [6, 6.07) is 4.84. The van der Waals surface area contributed by atoms with Crippen molar-refractivity contribution in [2.24, 2.45) is 0 Å². The van der Waals surface area contributed by atoms with Gasteiger partial charge in [-0.05, 0) is 43.1 Å². The Bertz CT molecular complexity index is 368. The minimum atomic E-state index is -2.04. The van der Waals surface area contributed by atoms with Crippen molar-refractivity contribution in [3.63, 3.8) is 0 Å². The van der Waals surface area contributed by atoms with E-state index in [2.05, 4.69) is 0 Å². The number of halogens is 2. The lowest BCUT2D eigenvalue weighted by Crippen LogP contribution is -2.35. The molecule has 0 unspecified atom stereocenters. The summed E-state index contributed by atoms with van der Waals surface area (Å²) in [5.41, 5.74) is 0.799. The lowest BCUT2D eigenvalue weighted by atomic mass is 10.1. The van der Waals surface area contributed by atoms with Crippen LogP contribution in [0.25, 0.3) is 0 Å². The zero-order chi connectivity index (χ0) is 12.9. The molecule has 0 radical (unpaired) electrons. The zero-order valence-electron chi connectivity index (χ0n) is 10.4. The Hall–Kier alpha value is -0.783. The van der Waals surface area contributed by atoms with Crippen LogP contribution < -0.4 is 0 Å². The topological polar surface area (TPSA) is 18.5 Å². The van der Waals surface area contributed by atoms with E-state index in [-0.39, 0.29) is 0 Å². The fourth-order valence-corrected chi connectivity index (χ4v) is 2.99. The zero-order valence-corrected chi connectivity index (χ0v) is 11.4. The first-order chi connectivity index (χ1) is 8.00. The van der Waals surface area contributed by atoms with Gasteiger partial charge in [-0.25, -0.2) is 8.78 Å². The maximum Gasteiger partial charge on any atom is 0.334 e. The molecule has 0 aromatic heterocycles. The minimum Gasteiger partial charge on any atom is -0.398 e. The van der Waals surface area contributed by atoms with Gasteiger partial charge in [0.25, 0.3) is 0 Å². The molecular weight excluding hydrogens is 242 g/mol. The lowest BCUT2D eigenvalue weighted by Gasteiger charge is -2.22. The largest absolute Gasteiger partial charge is 0.398 e. The highest BCUT2D eigenvalue weighted by Gasteiger charge is 2.27. The summed E-state index contributed by atoms with van der Waals surface area (Å²) in [5.74, 6) is -1.59. The maximum absolute atomic E-state index is 13.0. The van der Waals surface area contributed by atoms with E-state index in [0.29, 0.717) is 6.42 Å². The van der Waals surface area contributed by atoms with E-state index in [4.69, 9.17) is 8.85 Å². The van der Waals surface area contributed by atoms with Crippen LogP contribution in [0.3, 0.4) is 0 Å². The van der Waals surface area contributed by atoms with Crippen LogP contribution in [-0.2, 0) is 15.3 Å². The monoisotopic (exact) mass is 260 g/mol. The normalized spacial score (nSPS) is 11.8. The summed E-state index contributed by atoms with van der Waals surface area (Å²) in [6.07, 6.45) is 1.54. The predicted octanol–water partition coefficient (Wildman–Crippen LogP) is 3.26. The molecule has 1 aromatic rings. The number of benzene rings is 1. The van der Waals surface area contributed by atoms with Crippen LogP contribution in [0.2, 0.25) is 12.6 Å². The molecule has 0 aliphatic rings. The van der Waals surface area contributed by atoms with E-state index >= 15 is 0 Å². The third-order valence-corrected chi connectivity index (χ3v) is 5.93. The van der Waals surface area contributed by atoms with Crippen molar-refractivity contribution in [3.8, 4) is 0 Å². The number of aryl methyl sites for hydroxylation is 1. The molecule has 0 spiro atoms. The summed E-state index contributed by atoms with van der Waals surface area (Å²) in [4.78, 5) is 0. The van der Waals surface area contributed by atoms with Crippen molar-refractivity contribution < 1.29 is 17.6 Å². The fourth-order valence-electron chi connectivity index (χ4n) is 1.60. The van der Waals surface area contributed by atoms with Crippen LogP contribution in [0, 0.1) is 11.6 Å². The van der Waals surface area contributed by atoms with Gasteiger partial charge in [-0.1, -0.05) is 6.07 Å². The Balaban J connectivity index is 2.48. The van der Waals surface area contributed by atoms with Crippen molar-refractivity contribution in [1.82, 2.24) is 0 Å². The van der Waals surface area contributed by atoms with Gasteiger partial charge in [0.15, 0.2) is 11.6 Å². The van der Waals surface area contributed by atoms with Gasteiger partial charge in [0.2, 0.25) is 0 Å². The summed E-state index contributed by atoms with van der Waals surface area (Å²) < 4.78 is 36.4. The van der Waals surface area contributed by atoms with E-state index < -0.39 is 20.2 Å². The molecule has 1 aromatic carbocycles. The third kappa shape index (κ3) is 4.18. The first kappa shape index (κ1) is 14.3. The summed E-state index contributed by atoms with van der Waals surface area (Å²) in [7, 11) is 1.25. The maximum atomic E-state index is 13.0. The Morgan fingerprint density at radius 3 is 2.29 bits per heavy atom. The van der Waals surface area contributed by atoms with E-state index in [0.717, 1.165) is 24.1 Å². The van der Waals surface area contributed by atoms with E-state index in [1.807, 2.05) is 6.55 Å². The summed E-state index contributed by atoms with van der Waals surface area (Å²) >= 11 is 0. The highest BCUT2D eigenvalue weighted by Crippen LogP contribution is 2.17. The van der Waals surface area contributed by atoms with Crippen LogP contribution >= 0.6 is 0 Å². The van der Waals surface area contributed by atoms with Gasteiger partial charge in [-0.3, -0.25) is 0 Å². The average molecular weight is 260 g/mol. The first-order valence-corrected chi connectivity index (χ1v) is 8.07. The van der Waals surface area contributed by atoms with Crippen molar-refractivity contribution in [3.05, 3.63) is 35.4 Å². The second kappa shape index (κ2) is 6.23. The van der Waals surface area contributed by atoms with Crippen LogP contribution in [0.5, 0.6) is 0 Å². The first-order valence-electron chi connectivity index (χ1n) is 5.55. The van der Waals surface area contributed by atoms with Crippen LogP contribution in [0.15, 0.2) is 18.2 Å². The molecule has 17 heavy (non-hydrogen) atoms. The van der Waals surface area contributed by atoms with Gasteiger partial charge < -0.3 is 8.85 Å². The quantitative estimate of drug-likeness (QED) is 0.731. The molecule has 0 saturated heterocycles. The SMILES string of the molecule is CO[Si](C)(CCCc1ccc(F)c(F)c1)OC. The van der Waals surface area contributed by atoms with Gasteiger partial charge in [-0.15, -0.1) is 0 Å². The van der Waals surface area contributed by atoms with Gasteiger partial charge in [-0.2, -0.15) is 0 Å². The molecule has 2 nitrogen and oxygen atoms in total. The smallest absolute Gasteiger partial charge is 0.334 e. The van der Waals surface area contributed by atoms with Gasteiger partial charge >= 0.3 is 8.56 Å². The number of rotatable bonds is 6. The van der Waals surface area contributed by atoms with E-state index in [1.54, 1.807) is 20.3 Å². The molecule has 96 valence electrons. The second-order valence-electron chi connectivity index (χ2n) is 4.14. The molecule has 0 aliphatic heterocycles. The summed E-state index contributed by atoms with van der Waals surface area (Å²) in [5, 5.41) is 0. The molecule has 0 aliphatic carbocycles.